The molecule has 0 bridgehead atoms. The molecule has 0 aliphatic carbocycles. The minimum atomic E-state index is -0.553. The Hall–Kier alpha value is -3.38. The van der Waals surface area contributed by atoms with Gasteiger partial charge in [0, 0.05) is 13.6 Å². The van der Waals surface area contributed by atoms with E-state index in [-0.39, 0.29) is 30.5 Å². The molecule has 0 aliphatic rings. The zero-order valence-electron chi connectivity index (χ0n) is 17.8. The summed E-state index contributed by atoms with van der Waals surface area (Å²) in [5.74, 6) is -0.902. The van der Waals surface area contributed by atoms with Crippen molar-refractivity contribution in [3.8, 4) is 5.75 Å². The van der Waals surface area contributed by atoms with E-state index >= 15 is 0 Å². The van der Waals surface area contributed by atoms with Crippen LogP contribution in [0.2, 0.25) is 5.02 Å². The molecule has 0 saturated heterocycles. The van der Waals surface area contributed by atoms with Gasteiger partial charge >= 0.3 is 0 Å². The quantitative estimate of drug-likeness (QED) is 0.520. The normalized spacial score (nSPS) is 11.5. The molecular weight excluding hydrogens is 431 g/mol. The highest BCUT2D eigenvalue weighted by molar-refractivity contribution is 6.33. The lowest BCUT2D eigenvalue weighted by Gasteiger charge is -2.23. The lowest BCUT2D eigenvalue weighted by molar-refractivity contribution is -0.130. The van der Waals surface area contributed by atoms with Crippen molar-refractivity contribution in [3.63, 3.8) is 0 Å². The van der Waals surface area contributed by atoms with Gasteiger partial charge in [-0.15, -0.1) is 0 Å². The fourth-order valence-electron chi connectivity index (χ4n) is 3.32. The van der Waals surface area contributed by atoms with E-state index in [0.717, 1.165) is 5.56 Å². The van der Waals surface area contributed by atoms with Crippen molar-refractivity contribution in [2.24, 2.45) is 0 Å². The molecule has 0 aromatic heterocycles. The van der Waals surface area contributed by atoms with E-state index in [1.165, 1.54) is 24.1 Å². The minimum absolute atomic E-state index is 0.0370. The number of benzene rings is 3. The smallest absolute Gasteiger partial charge is 0.253 e. The molecule has 32 heavy (non-hydrogen) atoms. The number of carbonyl (C=O) groups excluding carboxylic acids is 2. The number of nitrogens with zero attached hydrogens (tertiary/aromatic N) is 1. The number of rotatable bonds is 8. The van der Waals surface area contributed by atoms with Crippen LogP contribution in [0.25, 0.3) is 0 Å². The van der Waals surface area contributed by atoms with Gasteiger partial charge in [-0.2, -0.15) is 0 Å². The molecule has 0 spiro atoms. The summed E-state index contributed by atoms with van der Waals surface area (Å²) in [7, 11) is 3.04. The number of amides is 2. The first-order valence-electron chi connectivity index (χ1n) is 10.1. The van der Waals surface area contributed by atoms with Gasteiger partial charge < -0.3 is 15.0 Å². The van der Waals surface area contributed by atoms with Gasteiger partial charge in [0.2, 0.25) is 5.91 Å². The fourth-order valence-corrected chi connectivity index (χ4v) is 3.54. The van der Waals surface area contributed by atoms with Crippen LogP contribution in [0, 0.1) is 5.82 Å². The third-order valence-corrected chi connectivity index (χ3v) is 5.40. The highest BCUT2D eigenvalue weighted by atomic mass is 35.5. The van der Waals surface area contributed by atoms with Crippen LogP contribution in [-0.2, 0) is 11.3 Å². The second-order valence-electron chi connectivity index (χ2n) is 7.34. The van der Waals surface area contributed by atoms with Crippen molar-refractivity contribution in [2.75, 3.05) is 14.2 Å². The molecule has 3 aromatic rings. The third kappa shape index (κ3) is 5.86. The van der Waals surface area contributed by atoms with Crippen molar-refractivity contribution < 1.29 is 18.7 Å². The molecule has 3 rings (SSSR count). The first kappa shape index (κ1) is 23.3. The topological polar surface area (TPSA) is 58.6 Å². The number of methoxy groups -OCH3 is 1. The number of carbonyl (C=O) groups is 2. The molecule has 0 saturated carbocycles. The molecule has 1 atom stereocenters. The SMILES string of the molecule is COc1ccc(CN(C)C(=O)CC(NC(=O)c2ccccc2Cl)c2ccccc2)cc1F. The molecule has 7 heteroatoms. The highest BCUT2D eigenvalue weighted by Gasteiger charge is 2.22. The molecule has 1 N–H and O–H groups in total. The Kier molecular flexibility index (Phi) is 7.84. The predicted molar refractivity (Wildman–Crippen MR) is 122 cm³/mol. The second-order valence-corrected chi connectivity index (χ2v) is 7.75. The van der Waals surface area contributed by atoms with Crippen LogP contribution >= 0.6 is 11.6 Å². The van der Waals surface area contributed by atoms with Gasteiger partial charge in [0.1, 0.15) is 0 Å². The Bertz CT molecular complexity index is 1090. The van der Waals surface area contributed by atoms with Crippen LogP contribution in [0.4, 0.5) is 4.39 Å². The van der Waals surface area contributed by atoms with E-state index in [2.05, 4.69) is 5.32 Å². The molecule has 166 valence electrons. The molecule has 3 aromatic carbocycles. The van der Waals surface area contributed by atoms with Gasteiger partial charge in [-0.3, -0.25) is 9.59 Å². The Morgan fingerprint density at radius 1 is 1.06 bits per heavy atom. The van der Waals surface area contributed by atoms with E-state index in [0.29, 0.717) is 16.1 Å². The summed E-state index contributed by atoms with van der Waals surface area (Å²) in [6.07, 6.45) is 0.0370. The maximum atomic E-state index is 14.0. The van der Waals surface area contributed by atoms with Crippen molar-refractivity contribution in [1.29, 1.82) is 0 Å². The fraction of sp³-hybridized carbons (Fsp3) is 0.200. The van der Waals surface area contributed by atoms with E-state index in [1.807, 2.05) is 30.3 Å². The third-order valence-electron chi connectivity index (χ3n) is 5.07. The number of nitrogens with one attached hydrogen (secondary N) is 1. The second kappa shape index (κ2) is 10.8. The Morgan fingerprint density at radius 3 is 2.41 bits per heavy atom. The number of halogens is 2. The molecule has 0 radical (unpaired) electrons. The Labute approximate surface area is 191 Å². The Balaban J connectivity index is 1.74. The summed E-state index contributed by atoms with van der Waals surface area (Å²) in [6.45, 7) is 0.222. The summed E-state index contributed by atoms with van der Waals surface area (Å²) in [5.41, 5.74) is 1.77. The number of hydrogen-bond acceptors (Lipinski definition) is 3. The zero-order chi connectivity index (χ0) is 23.1. The maximum Gasteiger partial charge on any atom is 0.253 e. The van der Waals surface area contributed by atoms with E-state index < -0.39 is 11.9 Å². The largest absolute Gasteiger partial charge is 0.494 e. The van der Waals surface area contributed by atoms with Crippen molar-refractivity contribution >= 4 is 23.4 Å². The van der Waals surface area contributed by atoms with Crippen LogP contribution in [0.15, 0.2) is 72.8 Å². The van der Waals surface area contributed by atoms with E-state index in [9.17, 15) is 14.0 Å². The molecule has 2 amide bonds. The first-order valence-corrected chi connectivity index (χ1v) is 10.4. The summed E-state index contributed by atoms with van der Waals surface area (Å²) in [5, 5.41) is 3.25. The van der Waals surface area contributed by atoms with Gasteiger partial charge in [0.25, 0.3) is 5.91 Å². The van der Waals surface area contributed by atoms with Gasteiger partial charge in [-0.05, 0) is 35.4 Å². The molecule has 5 nitrogen and oxygen atoms in total. The predicted octanol–water partition coefficient (Wildman–Crippen LogP) is 5.01. The van der Waals surface area contributed by atoms with E-state index in [1.54, 1.807) is 37.4 Å². The lowest BCUT2D eigenvalue weighted by atomic mass is 10.0. The van der Waals surface area contributed by atoms with Gasteiger partial charge in [-0.25, -0.2) is 4.39 Å². The van der Waals surface area contributed by atoms with Crippen molar-refractivity contribution in [3.05, 3.63) is 100 Å². The van der Waals surface area contributed by atoms with Crippen LogP contribution in [0.5, 0.6) is 5.75 Å². The molecule has 0 heterocycles. The summed E-state index contributed by atoms with van der Waals surface area (Å²) >= 11 is 6.15. The standard InChI is InChI=1S/C25H24ClFN2O3/c1-29(16-17-12-13-23(32-2)21(27)14-17)24(30)15-22(18-8-4-3-5-9-18)28-25(31)19-10-6-7-11-20(19)26/h3-14,22H,15-16H2,1-2H3,(H,28,31). The lowest BCUT2D eigenvalue weighted by Crippen LogP contribution is -2.34. The molecule has 1 unspecified atom stereocenters. The average molecular weight is 455 g/mol. The van der Waals surface area contributed by atoms with Crippen LogP contribution < -0.4 is 10.1 Å². The number of ether oxygens (including phenoxy) is 1. The van der Waals surface area contributed by atoms with Crippen molar-refractivity contribution in [1.82, 2.24) is 10.2 Å². The van der Waals surface area contributed by atoms with Gasteiger partial charge in [0.05, 0.1) is 30.2 Å². The van der Waals surface area contributed by atoms with Crippen LogP contribution in [0.3, 0.4) is 0 Å². The van der Waals surface area contributed by atoms with Crippen LogP contribution in [0.1, 0.15) is 33.9 Å². The molecule has 0 fully saturated rings. The van der Waals surface area contributed by atoms with Crippen LogP contribution in [-0.4, -0.2) is 30.9 Å². The summed E-state index contributed by atoms with van der Waals surface area (Å²) in [4.78, 5) is 27.3. The minimum Gasteiger partial charge on any atom is -0.494 e. The number of hydrogen-bond donors (Lipinski definition) is 1. The summed E-state index contributed by atoms with van der Waals surface area (Å²) < 4.78 is 18.9. The maximum absolute atomic E-state index is 14.0. The monoisotopic (exact) mass is 454 g/mol. The average Bonchev–Trinajstić information content (AvgIpc) is 2.79. The highest BCUT2D eigenvalue weighted by Crippen LogP contribution is 2.22. The Morgan fingerprint density at radius 2 is 1.75 bits per heavy atom. The molecular formula is C25H24ClFN2O3. The zero-order valence-corrected chi connectivity index (χ0v) is 18.6. The van der Waals surface area contributed by atoms with Gasteiger partial charge in [0.15, 0.2) is 11.6 Å². The summed E-state index contributed by atoms with van der Waals surface area (Å²) in [6, 6.07) is 20.0. The molecule has 0 aliphatic heterocycles. The van der Waals surface area contributed by atoms with Crippen molar-refractivity contribution in [2.45, 2.75) is 19.0 Å². The first-order chi connectivity index (χ1) is 15.4. The van der Waals surface area contributed by atoms with E-state index in [4.69, 9.17) is 16.3 Å². The van der Waals surface area contributed by atoms with Gasteiger partial charge in [-0.1, -0.05) is 60.1 Å².